The van der Waals surface area contributed by atoms with Crippen molar-refractivity contribution < 1.29 is 9.53 Å². The number of ether oxygens (including phenoxy) is 1. The van der Waals surface area contributed by atoms with Crippen LogP contribution in [-0.4, -0.2) is 40.5 Å². The molecule has 1 aliphatic rings. The number of nitrogens with zero attached hydrogens (tertiary/aromatic N) is 2. The minimum atomic E-state index is -0.355. The number of amides is 1. The van der Waals surface area contributed by atoms with E-state index in [1.165, 1.54) is 22.2 Å². The van der Waals surface area contributed by atoms with Crippen LogP contribution in [0.15, 0.2) is 22.6 Å². The number of rotatable bonds is 10. The Morgan fingerprint density at radius 3 is 3.07 bits per heavy atom. The predicted octanol–water partition coefficient (Wildman–Crippen LogP) is 3.79. The SMILES string of the molecule is C=CCn1c(SC(C)C(=O)NCCCOCC)nc2sc3c(c2c1=O)CCC(C)C3. The second kappa shape index (κ2) is 10.6. The maximum atomic E-state index is 13.3. The highest BCUT2D eigenvalue weighted by Crippen LogP contribution is 2.36. The van der Waals surface area contributed by atoms with Gasteiger partial charge in [-0.3, -0.25) is 14.2 Å². The molecule has 2 atom stereocenters. The molecule has 0 aromatic carbocycles. The summed E-state index contributed by atoms with van der Waals surface area (Å²) >= 11 is 2.97. The fourth-order valence-corrected chi connectivity index (χ4v) is 6.04. The fourth-order valence-electron chi connectivity index (χ4n) is 3.67. The van der Waals surface area contributed by atoms with Crippen LogP contribution in [0.25, 0.3) is 10.2 Å². The van der Waals surface area contributed by atoms with Crippen LogP contribution in [0.1, 0.15) is 44.1 Å². The van der Waals surface area contributed by atoms with Crippen molar-refractivity contribution in [3.8, 4) is 0 Å². The minimum Gasteiger partial charge on any atom is -0.382 e. The van der Waals surface area contributed by atoms with Gasteiger partial charge in [-0.2, -0.15) is 0 Å². The van der Waals surface area contributed by atoms with Gasteiger partial charge in [-0.1, -0.05) is 24.8 Å². The molecule has 2 heterocycles. The Balaban J connectivity index is 1.82. The number of thiophene rings is 1. The predicted molar refractivity (Wildman–Crippen MR) is 125 cm³/mol. The van der Waals surface area contributed by atoms with Crippen molar-refractivity contribution in [2.45, 2.75) is 63.4 Å². The van der Waals surface area contributed by atoms with Gasteiger partial charge in [-0.15, -0.1) is 17.9 Å². The first kappa shape index (κ1) is 23.0. The molecule has 2 aromatic rings. The number of nitrogens with one attached hydrogen (secondary N) is 1. The molecule has 0 saturated carbocycles. The van der Waals surface area contributed by atoms with E-state index in [2.05, 4.69) is 18.8 Å². The van der Waals surface area contributed by atoms with Crippen LogP contribution in [0, 0.1) is 5.92 Å². The van der Waals surface area contributed by atoms with Crippen molar-refractivity contribution in [2.24, 2.45) is 5.92 Å². The molecule has 1 N–H and O–H groups in total. The monoisotopic (exact) mass is 449 g/mol. The van der Waals surface area contributed by atoms with E-state index < -0.39 is 0 Å². The van der Waals surface area contributed by atoms with Crippen LogP contribution in [0.3, 0.4) is 0 Å². The standard InChI is InChI=1S/C22H31N3O3S2/c1-5-11-25-21(27)18-16-9-8-14(3)13-17(16)30-20(18)24-22(25)29-15(4)19(26)23-10-7-12-28-6-2/h5,14-15H,1,6-13H2,2-4H3,(H,23,26). The molecule has 0 saturated heterocycles. The van der Waals surface area contributed by atoms with Crippen LogP contribution in [0.5, 0.6) is 0 Å². The Morgan fingerprint density at radius 1 is 1.53 bits per heavy atom. The number of carbonyl (C=O) groups is 1. The van der Waals surface area contributed by atoms with Crippen molar-refractivity contribution >= 4 is 39.2 Å². The molecule has 0 fully saturated rings. The average molecular weight is 450 g/mol. The molecule has 6 nitrogen and oxygen atoms in total. The smallest absolute Gasteiger partial charge is 0.263 e. The molecular weight excluding hydrogens is 418 g/mol. The lowest BCUT2D eigenvalue weighted by Crippen LogP contribution is -2.33. The van der Waals surface area contributed by atoms with Crippen LogP contribution < -0.4 is 10.9 Å². The Labute approximate surface area is 186 Å². The van der Waals surface area contributed by atoms with Gasteiger partial charge in [0.1, 0.15) is 4.83 Å². The molecule has 164 valence electrons. The maximum Gasteiger partial charge on any atom is 0.263 e. The van der Waals surface area contributed by atoms with Gasteiger partial charge in [0.05, 0.1) is 10.6 Å². The Bertz CT molecular complexity index is 967. The van der Waals surface area contributed by atoms with Crippen molar-refractivity contribution in [3.63, 3.8) is 0 Å². The van der Waals surface area contributed by atoms with E-state index in [-0.39, 0.29) is 16.7 Å². The highest BCUT2D eigenvalue weighted by atomic mass is 32.2. The van der Waals surface area contributed by atoms with E-state index in [0.29, 0.717) is 37.4 Å². The lowest BCUT2D eigenvalue weighted by molar-refractivity contribution is -0.120. The molecule has 0 aliphatic heterocycles. The van der Waals surface area contributed by atoms with Gasteiger partial charge in [-0.05, 0) is 51.0 Å². The zero-order valence-electron chi connectivity index (χ0n) is 18.0. The molecule has 0 radical (unpaired) electrons. The molecule has 1 aliphatic carbocycles. The summed E-state index contributed by atoms with van der Waals surface area (Å²) in [4.78, 5) is 32.7. The summed E-state index contributed by atoms with van der Waals surface area (Å²) < 4.78 is 6.95. The third-order valence-corrected chi connectivity index (χ3v) is 7.55. The second-order valence-corrected chi connectivity index (χ2v) is 10.1. The Kier molecular flexibility index (Phi) is 8.13. The van der Waals surface area contributed by atoms with E-state index >= 15 is 0 Å². The number of carbonyl (C=O) groups excluding carboxylic acids is 1. The quantitative estimate of drug-likeness (QED) is 0.259. The average Bonchev–Trinajstić information content (AvgIpc) is 3.07. The molecule has 0 spiro atoms. The summed E-state index contributed by atoms with van der Waals surface area (Å²) in [5.74, 6) is 0.580. The molecule has 30 heavy (non-hydrogen) atoms. The Morgan fingerprint density at radius 2 is 2.33 bits per heavy atom. The minimum absolute atomic E-state index is 0.0150. The molecule has 8 heteroatoms. The molecule has 3 rings (SSSR count). The first-order valence-corrected chi connectivity index (χ1v) is 12.3. The van der Waals surface area contributed by atoms with Crippen LogP contribution >= 0.6 is 23.1 Å². The van der Waals surface area contributed by atoms with E-state index in [4.69, 9.17) is 9.72 Å². The van der Waals surface area contributed by atoms with E-state index in [0.717, 1.165) is 35.9 Å². The summed E-state index contributed by atoms with van der Waals surface area (Å²) in [6.07, 6.45) is 5.55. The van der Waals surface area contributed by atoms with Gasteiger partial charge in [-0.25, -0.2) is 4.98 Å². The number of aromatic nitrogens is 2. The van der Waals surface area contributed by atoms with Crippen molar-refractivity contribution in [3.05, 3.63) is 33.4 Å². The number of fused-ring (bicyclic) bond motifs is 3. The van der Waals surface area contributed by atoms with E-state index in [1.807, 2.05) is 13.8 Å². The van der Waals surface area contributed by atoms with E-state index in [9.17, 15) is 9.59 Å². The van der Waals surface area contributed by atoms with Crippen LogP contribution in [0.4, 0.5) is 0 Å². The third kappa shape index (κ3) is 5.15. The summed E-state index contributed by atoms with van der Waals surface area (Å²) in [7, 11) is 0. The summed E-state index contributed by atoms with van der Waals surface area (Å²) in [6, 6.07) is 0. The molecule has 0 bridgehead atoms. The summed E-state index contributed by atoms with van der Waals surface area (Å²) in [6.45, 7) is 12.1. The lowest BCUT2D eigenvalue weighted by Gasteiger charge is -2.18. The topological polar surface area (TPSA) is 73.2 Å². The number of aryl methyl sites for hydroxylation is 1. The fraction of sp³-hybridized carbons (Fsp3) is 0.591. The normalized spacial score (nSPS) is 17.0. The van der Waals surface area contributed by atoms with Gasteiger partial charge >= 0.3 is 0 Å². The number of hydrogen-bond acceptors (Lipinski definition) is 6. The second-order valence-electron chi connectivity index (χ2n) is 7.73. The maximum absolute atomic E-state index is 13.3. The number of hydrogen-bond donors (Lipinski definition) is 1. The van der Waals surface area contributed by atoms with Gasteiger partial charge in [0.15, 0.2) is 5.16 Å². The summed E-state index contributed by atoms with van der Waals surface area (Å²) in [5.41, 5.74) is 1.17. The highest BCUT2D eigenvalue weighted by Gasteiger charge is 2.25. The van der Waals surface area contributed by atoms with Crippen LogP contribution in [0.2, 0.25) is 0 Å². The van der Waals surface area contributed by atoms with Gasteiger partial charge in [0.2, 0.25) is 5.91 Å². The van der Waals surface area contributed by atoms with Crippen molar-refractivity contribution in [1.82, 2.24) is 14.9 Å². The van der Waals surface area contributed by atoms with Crippen molar-refractivity contribution in [2.75, 3.05) is 19.8 Å². The summed E-state index contributed by atoms with van der Waals surface area (Å²) in [5, 5.41) is 3.93. The molecule has 1 amide bonds. The number of allylic oxidation sites excluding steroid dienone is 1. The lowest BCUT2D eigenvalue weighted by atomic mass is 9.89. The third-order valence-electron chi connectivity index (χ3n) is 5.31. The first-order valence-electron chi connectivity index (χ1n) is 10.6. The first-order chi connectivity index (χ1) is 14.5. The largest absolute Gasteiger partial charge is 0.382 e. The zero-order valence-corrected chi connectivity index (χ0v) is 19.7. The Hall–Kier alpha value is -1.64. The number of thioether (sulfide) groups is 1. The van der Waals surface area contributed by atoms with Gasteiger partial charge in [0, 0.05) is 31.2 Å². The molecule has 2 unspecified atom stereocenters. The van der Waals surface area contributed by atoms with Gasteiger partial charge in [0.25, 0.3) is 5.56 Å². The zero-order chi connectivity index (χ0) is 21.7. The van der Waals surface area contributed by atoms with E-state index in [1.54, 1.807) is 22.0 Å². The van der Waals surface area contributed by atoms with Crippen molar-refractivity contribution in [1.29, 1.82) is 0 Å². The molecule has 2 aromatic heterocycles. The van der Waals surface area contributed by atoms with Gasteiger partial charge < -0.3 is 10.1 Å². The van der Waals surface area contributed by atoms with Crippen LogP contribution in [-0.2, 0) is 28.9 Å². The highest BCUT2D eigenvalue weighted by molar-refractivity contribution is 8.00. The molecular formula is C22H31N3O3S2.